The van der Waals surface area contributed by atoms with Crippen LogP contribution in [0.25, 0.3) is 21.3 Å². The van der Waals surface area contributed by atoms with E-state index in [9.17, 15) is 5.11 Å². The molecular formula is C20H16BrN3OS. The Morgan fingerprint density at radius 2 is 1.81 bits per heavy atom. The molecule has 0 amide bonds. The molecule has 2 aromatic heterocycles. The number of aromatic nitrogens is 2. The maximum atomic E-state index is 9.64. The summed E-state index contributed by atoms with van der Waals surface area (Å²) in [6.07, 6.45) is 1.59. The van der Waals surface area contributed by atoms with Crippen molar-refractivity contribution in [1.29, 1.82) is 0 Å². The van der Waals surface area contributed by atoms with Gasteiger partial charge in [0.1, 0.15) is 22.7 Å². The Balaban J connectivity index is 1.89. The van der Waals surface area contributed by atoms with Gasteiger partial charge in [-0.25, -0.2) is 9.97 Å². The van der Waals surface area contributed by atoms with E-state index in [2.05, 4.69) is 50.3 Å². The van der Waals surface area contributed by atoms with Gasteiger partial charge in [-0.05, 0) is 55.3 Å². The number of phenols is 1. The smallest absolute Gasteiger partial charge is 0.143 e. The molecule has 0 aliphatic carbocycles. The number of aryl methyl sites for hydroxylation is 2. The fraction of sp³-hybridized carbons (Fsp3) is 0.100. The van der Waals surface area contributed by atoms with Crippen molar-refractivity contribution in [3.05, 3.63) is 63.7 Å². The molecule has 26 heavy (non-hydrogen) atoms. The van der Waals surface area contributed by atoms with Crippen molar-refractivity contribution < 1.29 is 5.11 Å². The Bertz CT molecular complexity index is 1110. The Kier molecular flexibility index (Phi) is 4.38. The number of phenolic OH excluding ortho intramolecular Hbond substituents is 1. The number of anilines is 2. The summed E-state index contributed by atoms with van der Waals surface area (Å²) >= 11 is 5.16. The maximum absolute atomic E-state index is 9.64. The van der Waals surface area contributed by atoms with Crippen LogP contribution < -0.4 is 5.32 Å². The summed E-state index contributed by atoms with van der Waals surface area (Å²) in [6, 6.07) is 13.5. The molecule has 0 radical (unpaired) electrons. The number of halogens is 1. The van der Waals surface area contributed by atoms with E-state index in [1.54, 1.807) is 29.8 Å². The van der Waals surface area contributed by atoms with Gasteiger partial charge < -0.3 is 10.4 Å². The first-order valence-electron chi connectivity index (χ1n) is 8.09. The number of hydrogen-bond acceptors (Lipinski definition) is 5. The van der Waals surface area contributed by atoms with Gasteiger partial charge in [0.15, 0.2) is 0 Å². The number of rotatable bonds is 3. The molecule has 0 atom stereocenters. The van der Waals surface area contributed by atoms with E-state index in [0.29, 0.717) is 0 Å². The zero-order valence-corrected chi connectivity index (χ0v) is 16.6. The summed E-state index contributed by atoms with van der Waals surface area (Å²) in [5.41, 5.74) is 4.15. The number of aromatic hydroxyl groups is 1. The Morgan fingerprint density at radius 3 is 2.54 bits per heavy atom. The van der Waals surface area contributed by atoms with E-state index in [-0.39, 0.29) is 5.75 Å². The van der Waals surface area contributed by atoms with Crippen molar-refractivity contribution in [3.8, 4) is 16.9 Å². The van der Waals surface area contributed by atoms with Gasteiger partial charge >= 0.3 is 0 Å². The number of hydrogen-bond donors (Lipinski definition) is 2. The summed E-state index contributed by atoms with van der Waals surface area (Å²) < 4.78 is 1.05. The van der Waals surface area contributed by atoms with Crippen LogP contribution in [0.3, 0.4) is 0 Å². The minimum absolute atomic E-state index is 0.253. The van der Waals surface area contributed by atoms with E-state index < -0.39 is 0 Å². The molecule has 2 heterocycles. The quantitative estimate of drug-likeness (QED) is 0.384. The standard InChI is InChI=1S/C20H16BrN3OS/c1-11-9-15(25)7-8-16(11)24-19-18-17(13-3-5-14(21)6-4-13)12(2)26-20(18)23-10-22-19/h3-10,25H,1-2H3,(H,22,23,24). The van der Waals surface area contributed by atoms with Gasteiger partial charge in [0.2, 0.25) is 0 Å². The van der Waals surface area contributed by atoms with E-state index in [1.165, 1.54) is 4.88 Å². The highest BCUT2D eigenvalue weighted by Gasteiger charge is 2.17. The van der Waals surface area contributed by atoms with E-state index in [4.69, 9.17) is 0 Å². The van der Waals surface area contributed by atoms with Crippen LogP contribution in [0.5, 0.6) is 5.75 Å². The Hall–Kier alpha value is -2.44. The van der Waals surface area contributed by atoms with Gasteiger partial charge in [0.05, 0.1) is 5.39 Å². The van der Waals surface area contributed by atoms with E-state index in [1.807, 2.05) is 25.1 Å². The lowest BCUT2D eigenvalue weighted by molar-refractivity contribution is 0.475. The summed E-state index contributed by atoms with van der Waals surface area (Å²) in [5, 5.41) is 14.1. The maximum Gasteiger partial charge on any atom is 0.143 e. The Labute approximate surface area is 163 Å². The predicted molar refractivity (Wildman–Crippen MR) is 111 cm³/mol. The minimum atomic E-state index is 0.253. The third-order valence-corrected chi connectivity index (χ3v) is 5.80. The molecule has 2 aromatic carbocycles. The molecule has 4 nitrogen and oxygen atoms in total. The van der Waals surface area contributed by atoms with Gasteiger partial charge in [0, 0.05) is 20.6 Å². The minimum Gasteiger partial charge on any atom is -0.508 e. The van der Waals surface area contributed by atoms with Gasteiger partial charge in [-0.3, -0.25) is 0 Å². The molecule has 0 bridgehead atoms. The third kappa shape index (κ3) is 3.06. The average Bonchev–Trinajstić information content (AvgIpc) is 2.95. The monoisotopic (exact) mass is 425 g/mol. The number of thiophene rings is 1. The van der Waals surface area contributed by atoms with Gasteiger partial charge in [-0.1, -0.05) is 28.1 Å². The molecule has 0 aliphatic rings. The molecule has 0 saturated heterocycles. The summed E-state index contributed by atoms with van der Waals surface area (Å²) in [4.78, 5) is 11.1. The topological polar surface area (TPSA) is 58.0 Å². The van der Waals surface area contributed by atoms with Gasteiger partial charge in [-0.2, -0.15) is 0 Å². The molecule has 4 aromatic rings. The first-order chi connectivity index (χ1) is 12.5. The van der Waals surface area contributed by atoms with E-state index in [0.717, 1.165) is 42.9 Å². The normalized spacial score (nSPS) is 11.0. The average molecular weight is 426 g/mol. The van der Waals surface area contributed by atoms with Crippen molar-refractivity contribution in [2.45, 2.75) is 13.8 Å². The van der Waals surface area contributed by atoms with Crippen LogP contribution in [0, 0.1) is 13.8 Å². The van der Waals surface area contributed by atoms with Crippen molar-refractivity contribution >= 4 is 49.0 Å². The zero-order chi connectivity index (χ0) is 18.3. The second-order valence-corrected chi connectivity index (χ2v) is 8.19. The van der Waals surface area contributed by atoms with Crippen molar-refractivity contribution in [3.63, 3.8) is 0 Å². The molecule has 2 N–H and O–H groups in total. The molecule has 0 fully saturated rings. The zero-order valence-electron chi connectivity index (χ0n) is 14.2. The van der Waals surface area contributed by atoms with Crippen molar-refractivity contribution in [1.82, 2.24) is 9.97 Å². The van der Waals surface area contributed by atoms with Gasteiger partial charge in [-0.15, -0.1) is 11.3 Å². The first kappa shape index (κ1) is 17.0. The van der Waals surface area contributed by atoms with Crippen LogP contribution in [-0.4, -0.2) is 15.1 Å². The number of nitrogens with one attached hydrogen (secondary N) is 1. The lowest BCUT2D eigenvalue weighted by atomic mass is 10.0. The van der Waals surface area contributed by atoms with Crippen LogP contribution in [0.2, 0.25) is 0 Å². The Morgan fingerprint density at radius 1 is 1.04 bits per heavy atom. The fourth-order valence-corrected chi connectivity index (χ4v) is 4.30. The predicted octanol–water partition coefficient (Wildman–Crippen LogP) is 6.19. The summed E-state index contributed by atoms with van der Waals surface area (Å²) in [5.74, 6) is 1.02. The largest absolute Gasteiger partial charge is 0.508 e. The molecule has 130 valence electrons. The summed E-state index contributed by atoms with van der Waals surface area (Å²) in [7, 11) is 0. The second-order valence-electron chi connectivity index (χ2n) is 6.07. The highest BCUT2D eigenvalue weighted by atomic mass is 79.9. The SMILES string of the molecule is Cc1cc(O)ccc1Nc1ncnc2sc(C)c(-c3ccc(Br)cc3)c12. The molecule has 0 aliphatic heterocycles. The van der Waals surface area contributed by atoms with Crippen LogP contribution in [0.15, 0.2) is 53.3 Å². The third-order valence-electron chi connectivity index (χ3n) is 4.26. The number of fused-ring (bicyclic) bond motifs is 1. The van der Waals surface area contributed by atoms with Crippen LogP contribution in [0.4, 0.5) is 11.5 Å². The molecule has 0 saturated carbocycles. The van der Waals surface area contributed by atoms with Crippen molar-refractivity contribution in [2.24, 2.45) is 0 Å². The number of nitrogens with zero attached hydrogens (tertiary/aromatic N) is 2. The highest BCUT2D eigenvalue weighted by Crippen LogP contribution is 2.41. The van der Waals surface area contributed by atoms with Crippen molar-refractivity contribution in [2.75, 3.05) is 5.32 Å². The molecule has 0 unspecified atom stereocenters. The van der Waals surface area contributed by atoms with Gasteiger partial charge in [0.25, 0.3) is 0 Å². The summed E-state index contributed by atoms with van der Waals surface area (Å²) in [6.45, 7) is 4.06. The molecular weight excluding hydrogens is 410 g/mol. The first-order valence-corrected chi connectivity index (χ1v) is 9.70. The van der Waals surface area contributed by atoms with E-state index >= 15 is 0 Å². The molecule has 4 rings (SSSR count). The van der Waals surface area contributed by atoms with Crippen LogP contribution in [0.1, 0.15) is 10.4 Å². The highest BCUT2D eigenvalue weighted by molar-refractivity contribution is 9.10. The lowest BCUT2D eigenvalue weighted by Gasteiger charge is -2.11. The fourth-order valence-electron chi connectivity index (χ4n) is 3.02. The molecule has 6 heteroatoms. The van der Waals surface area contributed by atoms with Crippen LogP contribution >= 0.6 is 27.3 Å². The number of benzene rings is 2. The van der Waals surface area contributed by atoms with Crippen LogP contribution in [-0.2, 0) is 0 Å². The second kappa shape index (κ2) is 6.70. The molecule has 0 spiro atoms. The lowest BCUT2D eigenvalue weighted by Crippen LogP contribution is -1.97.